The Balaban J connectivity index is 4.35. The van der Waals surface area contributed by atoms with Crippen LogP contribution < -0.4 is 0 Å². The van der Waals surface area contributed by atoms with Crippen LogP contribution in [0.25, 0.3) is 0 Å². The van der Waals surface area contributed by atoms with Gasteiger partial charge in [-0.15, -0.1) is 0 Å². The summed E-state index contributed by atoms with van der Waals surface area (Å²) in [5.41, 5.74) is 0. The molecule has 0 amide bonds. The van der Waals surface area contributed by atoms with E-state index in [2.05, 4.69) is 0 Å². The van der Waals surface area contributed by atoms with Crippen molar-refractivity contribution in [1.82, 2.24) is 0 Å². The molecular formula is C13H24O2. The van der Waals surface area contributed by atoms with Gasteiger partial charge in [0.2, 0.25) is 0 Å². The summed E-state index contributed by atoms with van der Waals surface area (Å²) in [7, 11) is 0. The van der Waals surface area contributed by atoms with E-state index in [0.29, 0.717) is 6.42 Å². The average Bonchev–Trinajstić information content (AvgIpc) is 2.26. The number of rotatable bonds is 8. The lowest BCUT2D eigenvalue weighted by atomic mass is 9.89. The molecule has 88 valence electrons. The van der Waals surface area contributed by atoms with Crippen molar-refractivity contribution >= 4 is 11.6 Å². The first-order valence-corrected chi connectivity index (χ1v) is 5.86. The summed E-state index contributed by atoms with van der Waals surface area (Å²) < 4.78 is 14.3. The van der Waals surface area contributed by atoms with Crippen molar-refractivity contribution < 1.29 is 12.3 Å². The third kappa shape index (κ3) is 4.59. The van der Waals surface area contributed by atoms with Crippen LogP contribution in [-0.4, -0.2) is 11.6 Å². The van der Waals surface area contributed by atoms with Gasteiger partial charge in [-0.2, -0.15) is 0 Å². The van der Waals surface area contributed by atoms with Gasteiger partial charge in [-0.25, -0.2) is 0 Å². The lowest BCUT2D eigenvalue weighted by Crippen LogP contribution is -2.21. The lowest BCUT2D eigenvalue weighted by molar-refractivity contribution is -0.131. The summed E-state index contributed by atoms with van der Waals surface area (Å²) in [6.45, 7) is 4.80. The van der Waals surface area contributed by atoms with Crippen molar-refractivity contribution in [2.45, 2.75) is 59.8 Å². The number of ketones is 2. The first kappa shape index (κ1) is 10.8. The number of hydrogen-bond acceptors (Lipinski definition) is 2. The third-order valence-corrected chi connectivity index (χ3v) is 3.02. The Morgan fingerprint density at radius 3 is 1.67 bits per heavy atom. The van der Waals surface area contributed by atoms with Gasteiger partial charge >= 0.3 is 0 Å². The highest BCUT2D eigenvalue weighted by Crippen LogP contribution is 2.16. The van der Waals surface area contributed by atoms with Gasteiger partial charge in [0.15, 0.2) is 0 Å². The number of carbonyl (C=O) groups excluding carboxylic acids is 2. The lowest BCUT2D eigenvalue weighted by Gasteiger charge is -2.14. The monoisotopic (exact) mass is 214 g/mol. The zero-order chi connectivity index (χ0) is 13.4. The molecule has 2 heteroatoms. The van der Waals surface area contributed by atoms with E-state index in [9.17, 15) is 9.59 Å². The Morgan fingerprint density at radius 1 is 0.933 bits per heavy atom. The Hall–Kier alpha value is -0.660. The maximum atomic E-state index is 11.9. The molecule has 0 N–H and O–H groups in total. The molecule has 0 aliphatic heterocycles. The average molecular weight is 214 g/mol. The Morgan fingerprint density at radius 2 is 1.33 bits per heavy atom. The van der Waals surface area contributed by atoms with Gasteiger partial charge < -0.3 is 0 Å². The second kappa shape index (κ2) is 7.61. The van der Waals surface area contributed by atoms with E-state index in [4.69, 9.17) is 2.74 Å². The van der Waals surface area contributed by atoms with Crippen LogP contribution in [0.3, 0.4) is 0 Å². The standard InChI is InChI=1S/C13H24O2/c1-5-10(6-2)12(14)9-13(15)11(7-3)8-4/h10-11H,5-9H2,1-4H3/i1D2. The van der Waals surface area contributed by atoms with Crippen LogP contribution >= 0.6 is 0 Å². The first-order chi connectivity index (χ1) is 7.96. The minimum atomic E-state index is -0.979. The molecule has 0 radical (unpaired) electrons. The van der Waals surface area contributed by atoms with Crippen LogP contribution in [0.5, 0.6) is 0 Å². The summed E-state index contributed by atoms with van der Waals surface area (Å²) in [4.78, 5) is 23.7. The molecular weight excluding hydrogens is 188 g/mol. The van der Waals surface area contributed by atoms with Gasteiger partial charge in [-0.3, -0.25) is 9.59 Å². The molecule has 15 heavy (non-hydrogen) atoms. The summed E-state index contributed by atoms with van der Waals surface area (Å²) in [6, 6.07) is 0. The van der Waals surface area contributed by atoms with Crippen LogP contribution in [0.2, 0.25) is 0 Å². The normalized spacial score (nSPS) is 15.0. The van der Waals surface area contributed by atoms with Crippen LogP contribution in [0.15, 0.2) is 0 Å². The Kier molecular flexibility index (Phi) is 5.50. The summed E-state index contributed by atoms with van der Waals surface area (Å²) >= 11 is 0. The van der Waals surface area contributed by atoms with Gasteiger partial charge in [-0.05, 0) is 25.7 Å². The second-order valence-corrected chi connectivity index (χ2v) is 3.96. The van der Waals surface area contributed by atoms with Crippen LogP contribution in [0, 0.1) is 11.8 Å². The summed E-state index contributed by atoms with van der Waals surface area (Å²) in [5, 5.41) is 0. The highest BCUT2D eigenvalue weighted by molar-refractivity contribution is 6.00. The van der Waals surface area contributed by atoms with E-state index in [1.807, 2.05) is 20.8 Å². The minimum absolute atomic E-state index is 0.0146. The molecule has 1 unspecified atom stereocenters. The van der Waals surface area contributed by atoms with Crippen molar-refractivity contribution in [1.29, 1.82) is 0 Å². The molecule has 0 rings (SSSR count). The van der Waals surface area contributed by atoms with Gasteiger partial charge in [-0.1, -0.05) is 27.6 Å². The molecule has 0 spiro atoms. The van der Waals surface area contributed by atoms with Crippen molar-refractivity contribution in [3.05, 3.63) is 0 Å². The summed E-state index contributed by atoms with van der Waals surface area (Å²) in [5.74, 6) is -0.383. The van der Waals surface area contributed by atoms with Crippen molar-refractivity contribution in [3.63, 3.8) is 0 Å². The molecule has 0 fully saturated rings. The zero-order valence-electron chi connectivity index (χ0n) is 12.1. The molecule has 2 nitrogen and oxygen atoms in total. The van der Waals surface area contributed by atoms with E-state index in [0.717, 1.165) is 12.8 Å². The van der Waals surface area contributed by atoms with Gasteiger partial charge in [0.25, 0.3) is 0 Å². The smallest absolute Gasteiger partial charge is 0.143 e. The quantitative estimate of drug-likeness (QED) is 0.580. The van der Waals surface area contributed by atoms with Gasteiger partial charge in [0, 0.05) is 14.6 Å². The molecule has 0 aliphatic rings. The van der Waals surface area contributed by atoms with E-state index in [1.165, 1.54) is 0 Å². The maximum absolute atomic E-state index is 11.9. The fraction of sp³-hybridized carbons (Fsp3) is 0.846. The molecule has 0 saturated carbocycles. The molecule has 0 saturated heterocycles. The molecule has 0 aromatic carbocycles. The largest absolute Gasteiger partial charge is 0.299 e. The first-order valence-electron chi connectivity index (χ1n) is 7.01. The highest BCUT2D eigenvalue weighted by atomic mass is 16.1. The fourth-order valence-electron chi connectivity index (χ4n) is 1.73. The van der Waals surface area contributed by atoms with E-state index in [-0.39, 0.29) is 36.2 Å². The Labute approximate surface area is 96.3 Å². The molecule has 0 aromatic heterocycles. The van der Waals surface area contributed by atoms with Crippen molar-refractivity contribution in [2.24, 2.45) is 11.8 Å². The molecule has 0 aliphatic carbocycles. The van der Waals surface area contributed by atoms with E-state index in [1.54, 1.807) is 0 Å². The van der Waals surface area contributed by atoms with Gasteiger partial charge in [0.1, 0.15) is 11.6 Å². The number of hydrogen-bond donors (Lipinski definition) is 0. The second-order valence-electron chi connectivity index (χ2n) is 3.96. The van der Waals surface area contributed by atoms with Crippen molar-refractivity contribution in [3.8, 4) is 0 Å². The zero-order valence-corrected chi connectivity index (χ0v) is 10.1. The SMILES string of the molecule is [2H]C([2H])CC(CC)C(=O)CC(=O)C(CC)CC. The fourth-order valence-corrected chi connectivity index (χ4v) is 1.73. The van der Waals surface area contributed by atoms with Crippen LogP contribution in [-0.2, 0) is 9.59 Å². The maximum Gasteiger partial charge on any atom is 0.143 e. The molecule has 0 bridgehead atoms. The number of carbonyl (C=O) groups is 2. The minimum Gasteiger partial charge on any atom is -0.299 e. The predicted molar refractivity (Wildman–Crippen MR) is 62.8 cm³/mol. The molecule has 0 aromatic rings. The number of Topliss-reactive ketones (excluding diaryl/α,β-unsaturated/α-hetero) is 2. The highest BCUT2D eigenvalue weighted by Gasteiger charge is 2.21. The molecule has 0 heterocycles. The van der Waals surface area contributed by atoms with Crippen molar-refractivity contribution in [2.75, 3.05) is 0 Å². The van der Waals surface area contributed by atoms with Crippen LogP contribution in [0.1, 0.15) is 62.5 Å². The van der Waals surface area contributed by atoms with E-state index >= 15 is 0 Å². The third-order valence-electron chi connectivity index (χ3n) is 3.02. The molecule has 1 atom stereocenters. The van der Waals surface area contributed by atoms with Gasteiger partial charge in [0.05, 0.1) is 6.42 Å². The van der Waals surface area contributed by atoms with E-state index < -0.39 is 6.88 Å². The predicted octanol–water partition coefficient (Wildman–Crippen LogP) is 3.39. The van der Waals surface area contributed by atoms with Crippen LogP contribution in [0.4, 0.5) is 0 Å². The summed E-state index contributed by atoms with van der Waals surface area (Å²) in [6.07, 6.45) is 2.39. The topological polar surface area (TPSA) is 34.1 Å². The Bertz CT molecular complexity index is 248.